The molecule has 0 bridgehead atoms. The Morgan fingerprint density at radius 1 is 1.09 bits per heavy atom. The van der Waals surface area contributed by atoms with Gasteiger partial charge in [0, 0.05) is 10.9 Å². The van der Waals surface area contributed by atoms with E-state index in [1.54, 1.807) is 0 Å². The van der Waals surface area contributed by atoms with Crippen LogP contribution in [0, 0.1) is 0 Å². The zero-order chi connectivity index (χ0) is 16.0. The minimum atomic E-state index is -3.64. The fraction of sp³-hybridized carbons (Fsp3) is 0.250. The molecule has 3 atom stereocenters. The Hall–Kier alpha value is -1.40. The largest absolute Gasteiger partial charge is 0.394 e. The lowest BCUT2D eigenvalue weighted by Gasteiger charge is -2.08. The third-order valence-electron chi connectivity index (χ3n) is 4.21. The van der Waals surface area contributed by atoms with E-state index in [2.05, 4.69) is 0 Å². The summed E-state index contributed by atoms with van der Waals surface area (Å²) in [6.45, 7) is -0.385. The third kappa shape index (κ3) is 2.34. The van der Waals surface area contributed by atoms with Crippen molar-refractivity contribution in [3.63, 3.8) is 0 Å². The normalized spacial score (nSPS) is 27.6. The number of hydrogen-bond acceptors (Lipinski definition) is 4. The van der Waals surface area contributed by atoms with E-state index in [0.29, 0.717) is 5.02 Å². The first kappa shape index (κ1) is 15.5. The van der Waals surface area contributed by atoms with E-state index < -0.39 is 26.5 Å². The van der Waals surface area contributed by atoms with Gasteiger partial charge in [0.1, 0.15) is 0 Å². The molecular weight excluding hydrogens is 322 g/mol. The third-order valence-corrected chi connectivity index (χ3v) is 6.77. The summed E-state index contributed by atoms with van der Waals surface area (Å²) in [7, 11) is -3.64. The molecule has 2 aromatic carbocycles. The maximum atomic E-state index is 12.8. The first-order valence-electron chi connectivity index (χ1n) is 6.85. The van der Waals surface area contributed by atoms with Gasteiger partial charge in [-0.05, 0) is 29.8 Å². The molecule has 2 aromatic rings. The van der Waals surface area contributed by atoms with Gasteiger partial charge in [0.15, 0.2) is 9.84 Å². The fourth-order valence-electron chi connectivity index (χ4n) is 3.00. The molecule has 0 spiro atoms. The lowest BCUT2D eigenvalue weighted by Crippen LogP contribution is -2.35. The molecule has 3 rings (SSSR count). The minimum absolute atomic E-state index is 0.170. The molecule has 1 aliphatic rings. The van der Waals surface area contributed by atoms with Crippen LogP contribution in [0.2, 0.25) is 5.02 Å². The van der Waals surface area contributed by atoms with Gasteiger partial charge >= 0.3 is 0 Å². The number of hydrogen-bond donors (Lipinski definition) is 2. The van der Waals surface area contributed by atoms with Gasteiger partial charge in [-0.15, -0.1) is 0 Å². The topological polar surface area (TPSA) is 80.4 Å². The van der Waals surface area contributed by atoms with Crippen LogP contribution >= 0.6 is 11.6 Å². The summed E-state index contributed by atoms with van der Waals surface area (Å²) in [4.78, 5) is 0.170. The van der Waals surface area contributed by atoms with Crippen LogP contribution in [-0.2, 0) is 9.84 Å². The molecule has 1 aliphatic carbocycles. The van der Waals surface area contributed by atoms with Gasteiger partial charge in [-0.1, -0.05) is 41.9 Å². The van der Waals surface area contributed by atoms with Crippen LogP contribution in [0.5, 0.6) is 0 Å². The summed E-state index contributed by atoms with van der Waals surface area (Å²) in [5.41, 5.74) is 5.83. The molecule has 116 valence electrons. The maximum absolute atomic E-state index is 12.8. The number of rotatable bonds is 4. The van der Waals surface area contributed by atoms with Gasteiger partial charge < -0.3 is 10.8 Å². The highest BCUT2D eigenvalue weighted by Crippen LogP contribution is 2.55. The van der Waals surface area contributed by atoms with Gasteiger partial charge in [-0.25, -0.2) is 8.42 Å². The number of nitrogens with two attached hydrogens (primary N) is 1. The number of benzene rings is 2. The van der Waals surface area contributed by atoms with Gasteiger partial charge in [0.05, 0.1) is 22.3 Å². The van der Waals surface area contributed by atoms with Crippen LogP contribution < -0.4 is 5.73 Å². The molecule has 0 saturated heterocycles. The first-order valence-corrected chi connectivity index (χ1v) is 8.78. The molecule has 0 heterocycles. The lowest BCUT2D eigenvalue weighted by molar-refractivity contribution is 0.253. The zero-order valence-corrected chi connectivity index (χ0v) is 13.3. The van der Waals surface area contributed by atoms with Crippen molar-refractivity contribution in [3.05, 3.63) is 65.2 Å². The summed E-state index contributed by atoms with van der Waals surface area (Å²) in [6.07, 6.45) is 0. The van der Waals surface area contributed by atoms with Crippen LogP contribution in [-0.4, -0.2) is 30.9 Å². The van der Waals surface area contributed by atoms with E-state index in [1.165, 1.54) is 24.3 Å². The van der Waals surface area contributed by atoms with Crippen molar-refractivity contribution < 1.29 is 13.5 Å². The van der Waals surface area contributed by atoms with Gasteiger partial charge in [0.2, 0.25) is 0 Å². The second kappa shape index (κ2) is 5.35. The highest BCUT2D eigenvalue weighted by molar-refractivity contribution is 7.92. The van der Waals surface area contributed by atoms with E-state index in [4.69, 9.17) is 17.3 Å². The molecule has 4 nitrogen and oxygen atoms in total. The Balaban J connectivity index is 2.01. The second-order valence-electron chi connectivity index (χ2n) is 5.58. The molecular formula is C16H16ClNO3S. The SMILES string of the molecule is N[C@@]1(CO)[C@H](c2ccccc2)[C@@H]1S(=O)(=O)c1ccc(Cl)cc1. The van der Waals surface area contributed by atoms with Crippen molar-refractivity contribution in [2.24, 2.45) is 5.73 Å². The number of aliphatic hydroxyl groups excluding tert-OH is 1. The van der Waals surface area contributed by atoms with Crippen molar-refractivity contribution in [3.8, 4) is 0 Å². The van der Waals surface area contributed by atoms with Gasteiger partial charge in [-0.2, -0.15) is 0 Å². The van der Waals surface area contributed by atoms with Crippen LogP contribution in [0.15, 0.2) is 59.5 Å². The van der Waals surface area contributed by atoms with E-state index in [1.807, 2.05) is 30.3 Å². The molecule has 1 fully saturated rings. The van der Waals surface area contributed by atoms with Crippen LogP contribution in [0.1, 0.15) is 11.5 Å². The molecule has 0 amide bonds. The molecule has 22 heavy (non-hydrogen) atoms. The Bertz CT molecular complexity index is 777. The molecule has 0 aromatic heterocycles. The van der Waals surface area contributed by atoms with E-state index in [0.717, 1.165) is 5.56 Å². The zero-order valence-electron chi connectivity index (χ0n) is 11.7. The van der Waals surface area contributed by atoms with Gasteiger partial charge in [-0.3, -0.25) is 0 Å². The van der Waals surface area contributed by atoms with Crippen molar-refractivity contribution in [1.82, 2.24) is 0 Å². The van der Waals surface area contributed by atoms with Crippen LogP contribution in [0.3, 0.4) is 0 Å². The van der Waals surface area contributed by atoms with E-state index in [-0.39, 0.29) is 11.5 Å². The highest BCUT2D eigenvalue weighted by Gasteiger charge is 2.68. The average Bonchev–Trinajstić information content (AvgIpc) is 3.16. The Labute approximate surface area is 134 Å². The summed E-state index contributed by atoms with van der Waals surface area (Å²) >= 11 is 5.81. The molecule has 1 saturated carbocycles. The summed E-state index contributed by atoms with van der Waals surface area (Å²) in [5, 5.41) is 9.24. The molecule has 6 heteroatoms. The quantitative estimate of drug-likeness (QED) is 0.893. The second-order valence-corrected chi connectivity index (χ2v) is 8.08. The van der Waals surface area contributed by atoms with E-state index in [9.17, 15) is 13.5 Å². The standard InChI is InChI=1S/C16H16ClNO3S/c17-12-6-8-13(9-7-12)22(20,21)15-14(16(15,18)10-19)11-4-2-1-3-5-11/h1-9,14-15,19H,10,18H2/t14-,15+,16+/m1/s1. The summed E-state index contributed by atoms with van der Waals surface area (Å²) in [5.74, 6) is -0.417. The number of aliphatic hydroxyl groups is 1. The molecule has 0 unspecified atom stereocenters. The monoisotopic (exact) mass is 337 g/mol. The minimum Gasteiger partial charge on any atom is -0.394 e. The fourth-order valence-corrected chi connectivity index (χ4v) is 5.42. The van der Waals surface area contributed by atoms with Crippen molar-refractivity contribution in [2.75, 3.05) is 6.61 Å². The average molecular weight is 338 g/mol. The van der Waals surface area contributed by atoms with Crippen LogP contribution in [0.25, 0.3) is 0 Å². The Kier molecular flexibility index (Phi) is 3.77. The highest BCUT2D eigenvalue weighted by atomic mass is 35.5. The summed E-state index contributed by atoms with van der Waals surface area (Å²) in [6, 6.07) is 15.2. The Morgan fingerprint density at radius 2 is 1.68 bits per heavy atom. The Morgan fingerprint density at radius 3 is 2.23 bits per heavy atom. The molecule has 3 N–H and O–H groups in total. The van der Waals surface area contributed by atoms with Crippen LogP contribution in [0.4, 0.5) is 0 Å². The number of halogens is 1. The van der Waals surface area contributed by atoms with Crippen molar-refractivity contribution >= 4 is 21.4 Å². The molecule has 0 radical (unpaired) electrons. The van der Waals surface area contributed by atoms with E-state index >= 15 is 0 Å². The number of sulfone groups is 1. The lowest BCUT2D eigenvalue weighted by atomic mass is 10.1. The maximum Gasteiger partial charge on any atom is 0.183 e. The molecule has 0 aliphatic heterocycles. The first-order chi connectivity index (χ1) is 10.4. The summed E-state index contributed by atoms with van der Waals surface area (Å²) < 4.78 is 25.7. The van der Waals surface area contributed by atoms with Gasteiger partial charge in [0.25, 0.3) is 0 Å². The van der Waals surface area contributed by atoms with Crippen molar-refractivity contribution in [1.29, 1.82) is 0 Å². The van der Waals surface area contributed by atoms with Crippen molar-refractivity contribution in [2.45, 2.75) is 21.6 Å². The predicted octanol–water partition coefficient (Wildman–Crippen LogP) is 1.97. The predicted molar refractivity (Wildman–Crippen MR) is 85.6 cm³/mol. The smallest absolute Gasteiger partial charge is 0.183 e.